The molecule has 0 saturated carbocycles. The Kier molecular flexibility index (Phi) is 5.43. The van der Waals surface area contributed by atoms with Crippen molar-refractivity contribution in [2.24, 2.45) is 0 Å². The fraction of sp³-hybridized carbons (Fsp3) is 0.538. The Morgan fingerprint density at radius 2 is 2.30 bits per heavy atom. The zero-order valence-electron chi connectivity index (χ0n) is 11.9. The summed E-state index contributed by atoms with van der Waals surface area (Å²) in [5.74, 6) is 0.0606. The van der Waals surface area contributed by atoms with Gasteiger partial charge in [-0.15, -0.1) is 0 Å². The first-order valence-corrected chi connectivity index (χ1v) is 6.46. The van der Waals surface area contributed by atoms with Gasteiger partial charge in [0.2, 0.25) is 0 Å². The molecule has 1 unspecified atom stereocenters. The molecule has 6 nitrogen and oxygen atoms in total. The van der Waals surface area contributed by atoms with Gasteiger partial charge in [-0.3, -0.25) is 4.79 Å². The molecule has 0 fully saturated rings. The number of carbonyl (C=O) groups is 1. The minimum Gasteiger partial charge on any atom is -0.381 e. The monoisotopic (exact) mass is 296 g/mol. The molecule has 1 aromatic rings. The molecule has 0 aliphatic carbocycles. The van der Waals surface area contributed by atoms with Crippen LogP contribution in [-0.4, -0.2) is 35.1 Å². The molecule has 0 saturated heterocycles. The van der Waals surface area contributed by atoms with Crippen molar-refractivity contribution in [2.75, 3.05) is 13.7 Å². The van der Waals surface area contributed by atoms with Crippen LogP contribution in [0.25, 0.3) is 0 Å². The highest BCUT2D eigenvalue weighted by molar-refractivity contribution is 6.33. The van der Waals surface area contributed by atoms with Crippen molar-refractivity contribution < 1.29 is 9.53 Å². The maximum absolute atomic E-state index is 12.2. The van der Waals surface area contributed by atoms with Crippen LogP contribution in [0.15, 0.2) is 6.20 Å². The number of nitrogens with zero attached hydrogens (tertiary/aromatic N) is 3. The number of rotatable bonds is 5. The highest BCUT2D eigenvalue weighted by Crippen LogP contribution is 2.17. The Labute approximate surface area is 123 Å². The standard InChI is InChI=1S/C13H17ClN4O2/c1-8(2)11-16-5-9(14)10(17-11)12(19)18-13(3,6-15)7-20-4/h5,8H,7H2,1-4H3,(H,18,19). The Bertz CT molecular complexity index is 542. The van der Waals surface area contributed by atoms with Crippen LogP contribution in [-0.2, 0) is 4.74 Å². The van der Waals surface area contributed by atoms with E-state index >= 15 is 0 Å². The zero-order chi connectivity index (χ0) is 15.3. The van der Waals surface area contributed by atoms with Gasteiger partial charge in [-0.25, -0.2) is 9.97 Å². The van der Waals surface area contributed by atoms with E-state index in [1.54, 1.807) is 6.92 Å². The van der Waals surface area contributed by atoms with Gasteiger partial charge in [0.25, 0.3) is 5.91 Å². The average Bonchev–Trinajstić information content (AvgIpc) is 2.39. The van der Waals surface area contributed by atoms with E-state index in [1.165, 1.54) is 13.3 Å². The van der Waals surface area contributed by atoms with Crippen LogP contribution in [0.1, 0.15) is 43.0 Å². The molecule has 0 bridgehead atoms. The predicted octanol–water partition coefficient (Wildman–Crippen LogP) is 1.91. The second-order valence-corrected chi connectivity index (χ2v) is 5.32. The average molecular weight is 297 g/mol. The summed E-state index contributed by atoms with van der Waals surface area (Å²) in [5.41, 5.74) is -1.08. The Balaban J connectivity index is 3.03. The Morgan fingerprint density at radius 3 is 2.80 bits per heavy atom. The maximum Gasteiger partial charge on any atom is 0.272 e. The normalized spacial score (nSPS) is 13.7. The molecule has 1 amide bonds. The van der Waals surface area contributed by atoms with Gasteiger partial charge in [-0.05, 0) is 6.92 Å². The highest BCUT2D eigenvalue weighted by Gasteiger charge is 2.28. The first-order valence-electron chi connectivity index (χ1n) is 6.08. The highest BCUT2D eigenvalue weighted by atomic mass is 35.5. The number of halogens is 1. The topological polar surface area (TPSA) is 87.9 Å². The van der Waals surface area contributed by atoms with Gasteiger partial charge in [-0.1, -0.05) is 25.4 Å². The SMILES string of the molecule is COCC(C)(C#N)NC(=O)c1nc(C(C)C)ncc1Cl. The maximum atomic E-state index is 12.2. The van der Waals surface area contributed by atoms with Crippen LogP contribution >= 0.6 is 11.6 Å². The van der Waals surface area contributed by atoms with E-state index in [-0.39, 0.29) is 23.2 Å². The second kappa shape index (κ2) is 6.64. The Morgan fingerprint density at radius 1 is 1.65 bits per heavy atom. The van der Waals surface area contributed by atoms with Crippen LogP contribution in [0.4, 0.5) is 0 Å². The minimum atomic E-state index is -1.14. The van der Waals surface area contributed by atoms with E-state index in [0.717, 1.165) is 0 Å². The van der Waals surface area contributed by atoms with Gasteiger partial charge < -0.3 is 10.1 Å². The molecule has 1 aromatic heterocycles. The lowest BCUT2D eigenvalue weighted by atomic mass is 10.1. The third kappa shape index (κ3) is 3.89. The van der Waals surface area contributed by atoms with Gasteiger partial charge in [-0.2, -0.15) is 5.26 Å². The summed E-state index contributed by atoms with van der Waals surface area (Å²) in [6, 6.07) is 1.99. The molecule has 108 valence electrons. The van der Waals surface area contributed by atoms with Crippen molar-refractivity contribution in [2.45, 2.75) is 32.2 Å². The lowest BCUT2D eigenvalue weighted by Gasteiger charge is -2.22. The van der Waals surface area contributed by atoms with Gasteiger partial charge in [0.15, 0.2) is 5.69 Å². The lowest BCUT2D eigenvalue weighted by molar-refractivity contribution is 0.0855. The van der Waals surface area contributed by atoms with Crippen molar-refractivity contribution in [3.63, 3.8) is 0 Å². The summed E-state index contributed by atoms with van der Waals surface area (Å²) >= 11 is 5.94. The number of carbonyl (C=O) groups excluding carboxylic acids is 1. The first-order chi connectivity index (χ1) is 9.33. The molecule has 1 rings (SSSR count). The number of nitrogens with one attached hydrogen (secondary N) is 1. The molecule has 1 atom stereocenters. The van der Waals surface area contributed by atoms with Gasteiger partial charge in [0, 0.05) is 13.0 Å². The molecular formula is C13H17ClN4O2. The molecule has 20 heavy (non-hydrogen) atoms. The lowest BCUT2D eigenvalue weighted by Crippen LogP contribution is -2.48. The van der Waals surface area contributed by atoms with E-state index in [1.807, 2.05) is 19.9 Å². The number of hydrogen-bond acceptors (Lipinski definition) is 5. The fourth-order valence-electron chi connectivity index (χ4n) is 1.51. The smallest absolute Gasteiger partial charge is 0.272 e. The van der Waals surface area contributed by atoms with Crippen LogP contribution in [0.5, 0.6) is 0 Å². The third-order valence-electron chi connectivity index (χ3n) is 2.56. The van der Waals surface area contributed by atoms with Crippen molar-refractivity contribution in [3.8, 4) is 6.07 Å². The number of ether oxygens (including phenoxy) is 1. The molecule has 0 aliphatic rings. The molecule has 1 N–H and O–H groups in total. The van der Waals surface area contributed by atoms with Crippen molar-refractivity contribution in [1.82, 2.24) is 15.3 Å². The molecule has 1 heterocycles. The number of hydrogen-bond donors (Lipinski definition) is 1. The van der Waals surface area contributed by atoms with Gasteiger partial charge >= 0.3 is 0 Å². The number of nitriles is 1. The number of methoxy groups -OCH3 is 1. The van der Waals surface area contributed by atoms with E-state index in [2.05, 4.69) is 15.3 Å². The van der Waals surface area contributed by atoms with E-state index in [4.69, 9.17) is 21.6 Å². The van der Waals surface area contributed by atoms with Gasteiger partial charge in [0.05, 0.1) is 23.9 Å². The Hall–Kier alpha value is -1.71. The fourth-order valence-corrected chi connectivity index (χ4v) is 1.69. The third-order valence-corrected chi connectivity index (χ3v) is 2.84. The first kappa shape index (κ1) is 16.3. The van der Waals surface area contributed by atoms with E-state index in [0.29, 0.717) is 5.82 Å². The molecule has 7 heteroatoms. The molecule has 0 spiro atoms. The molecule has 0 aliphatic heterocycles. The van der Waals surface area contributed by atoms with Gasteiger partial charge in [0.1, 0.15) is 11.4 Å². The summed E-state index contributed by atoms with van der Waals surface area (Å²) in [6.07, 6.45) is 1.39. The molecule has 0 aromatic carbocycles. The molecule has 0 radical (unpaired) electrons. The van der Waals surface area contributed by atoms with E-state index in [9.17, 15) is 4.79 Å². The summed E-state index contributed by atoms with van der Waals surface area (Å²) in [6.45, 7) is 5.45. The quantitative estimate of drug-likeness (QED) is 0.896. The van der Waals surface area contributed by atoms with Crippen LogP contribution in [0, 0.1) is 11.3 Å². The summed E-state index contributed by atoms with van der Waals surface area (Å²) in [5, 5.41) is 11.8. The largest absolute Gasteiger partial charge is 0.381 e. The number of aromatic nitrogens is 2. The van der Waals surface area contributed by atoms with E-state index < -0.39 is 11.4 Å². The van der Waals surface area contributed by atoms with Crippen LogP contribution < -0.4 is 5.32 Å². The predicted molar refractivity (Wildman–Crippen MR) is 74.5 cm³/mol. The summed E-state index contributed by atoms with van der Waals surface area (Å²) in [7, 11) is 1.45. The van der Waals surface area contributed by atoms with Crippen molar-refractivity contribution >= 4 is 17.5 Å². The minimum absolute atomic E-state index is 0.0583. The summed E-state index contributed by atoms with van der Waals surface area (Å²) in [4.78, 5) is 20.4. The van der Waals surface area contributed by atoms with Crippen molar-refractivity contribution in [1.29, 1.82) is 5.26 Å². The second-order valence-electron chi connectivity index (χ2n) is 4.91. The van der Waals surface area contributed by atoms with Crippen LogP contribution in [0.3, 0.4) is 0 Å². The number of amides is 1. The zero-order valence-corrected chi connectivity index (χ0v) is 12.7. The summed E-state index contributed by atoms with van der Waals surface area (Å²) < 4.78 is 4.92. The molecular weight excluding hydrogens is 280 g/mol. The van der Waals surface area contributed by atoms with Crippen LogP contribution in [0.2, 0.25) is 5.02 Å². The van der Waals surface area contributed by atoms with Crippen molar-refractivity contribution in [3.05, 3.63) is 22.7 Å².